The van der Waals surface area contributed by atoms with Gasteiger partial charge in [0.05, 0.1) is 6.04 Å². The highest BCUT2D eigenvalue weighted by molar-refractivity contribution is 9.10. The Kier molecular flexibility index (Phi) is 5.14. The number of nitrogens with zero attached hydrogens (tertiary/aromatic N) is 4. The highest BCUT2D eigenvalue weighted by Gasteiger charge is 2.21. The molecule has 30 heavy (non-hydrogen) atoms. The van der Waals surface area contributed by atoms with Gasteiger partial charge in [-0.15, -0.1) is 0 Å². The summed E-state index contributed by atoms with van der Waals surface area (Å²) in [4.78, 5) is 41.6. The predicted octanol–water partition coefficient (Wildman–Crippen LogP) is 0.845. The third kappa shape index (κ3) is 3.38. The maximum Gasteiger partial charge on any atom is 0.332 e. The Balaban J connectivity index is 1.59. The zero-order chi connectivity index (χ0) is 21.6. The Labute approximate surface area is 179 Å². The molecule has 3 heterocycles. The van der Waals surface area contributed by atoms with Crippen LogP contribution in [0.4, 0.5) is 0 Å². The lowest BCUT2D eigenvalue weighted by Gasteiger charge is -2.21. The van der Waals surface area contributed by atoms with E-state index in [0.29, 0.717) is 24.7 Å². The molecule has 0 saturated heterocycles. The van der Waals surface area contributed by atoms with Crippen molar-refractivity contribution in [3.05, 3.63) is 49.3 Å². The number of aromatic nitrogens is 4. The second-order valence-corrected chi connectivity index (χ2v) is 7.75. The van der Waals surface area contributed by atoms with Crippen LogP contribution >= 0.6 is 15.9 Å². The van der Waals surface area contributed by atoms with Gasteiger partial charge in [-0.1, -0.05) is 6.07 Å². The van der Waals surface area contributed by atoms with Crippen LogP contribution in [-0.4, -0.2) is 37.8 Å². The number of hydrogen-bond donors (Lipinski definition) is 1. The maximum atomic E-state index is 12.7. The molecule has 1 aromatic carbocycles. The van der Waals surface area contributed by atoms with Crippen LogP contribution in [0.2, 0.25) is 0 Å². The minimum Gasteiger partial charge on any atom is -0.486 e. The lowest BCUT2D eigenvalue weighted by molar-refractivity contribution is -0.122. The molecule has 0 spiro atoms. The molecule has 158 valence electrons. The fourth-order valence-corrected chi connectivity index (χ4v) is 3.92. The molecular formula is C19H20BrN5O5. The average Bonchev–Trinajstić information content (AvgIpc) is 3.06. The topological polar surface area (TPSA) is 109 Å². The van der Waals surface area contributed by atoms with Gasteiger partial charge in [-0.2, -0.15) is 0 Å². The minimum absolute atomic E-state index is 0.110. The van der Waals surface area contributed by atoms with Crippen molar-refractivity contribution in [3.63, 3.8) is 0 Å². The van der Waals surface area contributed by atoms with Gasteiger partial charge in [0.15, 0.2) is 27.4 Å². The van der Waals surface area contributed by atoms with Crippen LogP contribution in [0.15, 0.2) is 32.5 Å². The Morgan fingerprint density at radius 1 is 1.20 bits per heavy atom. The fourth-order valence-electron chi connectivity index (χ4n) is 3.45. The molecule has 0 radical (unpaired) electrons. The number of nitrogens with one attached hydrogen (secondary N) is 1. The molecule has 0 aliphatic carbocycles. The van der Waals surface area contributed by atoms with E-state index in [1.807, 2.05) is 25.1 Å². The zero-order valence-electron chi connectivity index (χ0n) is 16.6. The molecule has 1 aliphatic rings. The standard InChI is InChI=1S/C19H20BrN5O5/c1-10(11-4-5-12-13(8-11)30-7-6-29-12)21-14(26)9-25-16-15(22-18(25)20)17(27)24(3)19(28)23(16)2/h4-5,8,10H,6-7,9H2,1-3H3,(H,21,26). The lowest BCUT2D eigenvalue weighted by Crippen LogP contribution is -2.38. The van der Waals surface area contributed by atoms with Crippen LogP contribution < -0.4 is 26.0 Å². The van der Waals surface area contributed by atoms with Crippen molar-refractivity contribution < 1.29 is 14.3 Å². The van der Waals surface area contributed by atoms with E-state index in [-0.39, 0.29) is 34.4 Å². The van der Waals surface area contributed by atoms with Crippen LogP contribution in [0, 0.1) is 0 Å². The Hall–Kier alpha value is -3.08. The summed E-state index contributed by atoms with van der Waals surface area (Å²) in [6.45, 7) is 2.73. The number of amides is 1. The van der Waals surface area contributed by atoms with Crippen molar-refractivity contribution in [1.29, 1.82) is 0 Å². The number of halogens is 1. The number of carbonyl (C=O) groups is 1. The van der Waals surface area contributed by atoms with Gasteiger partial charge in [-0.3, -0.25) is 23.3 Å². The van der Waals surface area contributed by atoms with Crippen LogP contribution in [0.1, 0.15) is 18.5 Å². The minimum atomic E-state index is -0.516. The molecule has 2 aromatic heterocycles. The molecule has 11 heteroatoms. The average molecular weight is 478 g/mol. The molecule has 0 fully saturated rings. The van der Waals surface area contributed by atoms with Gasteiger partial charge in [-0.25, -0.2) is 9.78 Å². The SMILES string of the molecule is CC(NC(=O)Cn1c(Br)nc2c(=O)n(C)c(=O)n(C)c21)c1ccc2c(c1)OCCO2. The van der Waals surface area contributed by atoms with E-state index in [1.54, 1.807) is 0 Å². The summed E-state index contributed by atoms with van der Waals surface area (Å²) in [5.41, 5.74) is 0.239. The van der Waals surface area contributed by atoms with Crippen molar-refractivity contribution in [2.45, 2.75) is 19.5 Å². The van der Waals surface area contributed by atoms with E-state index in [2.05, 4.69) is 26.2 Å². The monoisotopic (exact) mass is 477 g/mol. The van der Waals surface area contributed by atoms with Crippen LogP contribution in [-0.2, 0) is 25.4 Å². The maximum absolute atomic E-state index is 12.7. The van der Waals surface area contributed by atoms with Gasteiger partial charge in [0, 0.05) is 14.1 Å². The predicted molar refractivity (Wildman–Crippen MR) is 112 cm³/mol. The second kappa shape index (κ2) is 7.63. The Morgan fingerprint density at radius 3 is 2.63 bits per heavy atom. The molecule has 1 unspecified atom stereocenters. The number of rotatable bonds is 4. The molecule has 0 bridgehead atoms. The van der Waals surface area contributed by atoms with Gasteiger partial charge >= 0.3 is 5.69 Å². The molecule has 1 aliphatic heterocycles. The Bertz CT molecular complexity index is 1280. The highest BCUT2D eigenvalue weighted by atomic mass is 79.9. The summed E-state index contributed by atoms with van der Waals surface area (Å²) in [5, 5.41) is 2.92. The number of aryl methyl sites for hydroxylation is 1. The molecule has 1 N–H and O–H groups in total. The van der Waals surface area contributed by atoms with E-state index >= 15 is 0 Å². The lowest BCUT2D eigenvalue weighted by atomic mass is 10.1. The molecule has 4 rings (SSSR count). The number of carbonyl (C=O) groups excluding carboxylic acids is 1. The van der Waals surface area contributed by atoms with Gasteiger partial charge in [0.1, 0.15) is 19.8 Å². The van der Waals surface area contributed by atoms with Crippen LogP contribution in [0.3, 0.4) is 0 Å². The highest BCUT2D eigenvalue weighted by Crippen LogP contribution is 2.32. The van der Waals surface area contributed by atoms with Crippen molar-refractivity contribution in [2.24, 2.45) is 14.1 Å². The zero-order valence-corrected chi connectivity index (χ0v) is 18.2. The van der Waals surface area contributed by atoms with E-state index in [4.69, 9.17) is 9.47 Å². The van der Waals surface area contributed by atoms with Gasteiger partial charge in [-0.05, 0) is 40.5 Å². The first-order chi connectivity index (χ1) is 14.3. The van der Waals surface area contributed by atoms with Crippen molar-refractivity contribution >= 4 is 33.0 Å². The molecule has 10 nitrogen and oxygen atoms in total. The van der Waals surface area contributed by atoms with Gasteiger partial charge in [0.2, 0.25) is 5.91 Å². The first-order valence-electron chi connectivity index (χ1n) is 9.28. The van der Waals surface area contributed by atoms with E-state index in [1.165, 1.54) is 23.2 Å². The van der Waals surface area contributed by atoms with Gasteiger partial charge < -0.3 is 14.8 Å². The van der Waals surface area contributed by atoms with E-state index in [9.17, 15) is 14.4 Å². The number of ether oxygens (including phenoxy) is 2. The first-order valence-corrected chi connectivity index (χ1v) is 10.1. The van der Waals surface area contributed by atoms with Crippen molar-refractivity contribution in [1.82, 2.24) is 24.0 Å². The van der Waals surface area contributed by atoms with Crippen LogP contribution in [0.5, 0.6) is 11.5 Å². The van der Waals surface area contributed by atoms with E-state index < -0.39 is 11.2 Å². The largest absolute Gasteiger partial charge is 0.486 e. The number of imidazole rings is 1. The Morgan fingerprint density at radius 2 is 1.90 bits per heavy atom. The normalized spacial score (nSPS) is 14.0. The summed E-state index contributed by atoms with van der Waals surface area (Å²) >= 11 is 3.29. The molecular weight excluding hydrogens is 458 g/mol. The number of hydrogen-bond acceptors (Lipinski definition) is 6. The number of benzene rings is 1. The quantitative estimate of drug-likeness (QED) is 0.557. The van der Waals surface area contributed by atoms with E-state index in [0.717, 1.165) is 10.1 Å². The molecule has 3 aromatic rings. The van der Waals surface area contributed by atoms with Crippen LogP contribution in [0.25, 0.3) is 11.2 Å². The first kappa shape index (κ1) is 20.2. The summed E-state index contributed by atoms with van der Waals surface area (Å²) < 4.78 is 15.2. The molecule has 1 amide bonds. The molecule has 0 saturated carbocycles. The second-order valence-electron chi connectivity index (χ2n) is 7.04. The summed E-state index contributed by atoms with van der Waals surface area (Å²) in [6.07, 6.45) is 0. The summed E-state index contributed by atoms with van der Waals surface area (Å²) in [7, 11) is 2.92. The number of fused-ring (bicyclic) bond motifs is 2. The summed E-state index contributed by atoms with van der Waals surface area (Å²) in [5.74, 6) is 1.03. The fraction of sp³-hybridized carbons (Fsp3) is 0.368. The van der Waals surface area contributed by atoms with Crippen molar-refractivity contribution in [3.8, 4) is 11.5 Å². The third-order valence-corrected chi connectivity index (χ3v) is 5.64. The van der Waals surface area contributed by atoms with Crippen molar-refractivity contribution in [2.75, 3.05) is 13.2 Å². The third-order valence-electron chi connectivity index (χ3n) is 5.04. The van der Waals surface area contributed by atoms with Gasteiger partial charge in [0.25, 0.3) is 5.56 Å². The molecule has 1 atom stereocenters. The smallest absolute Gasteiger partial charge is 0.332 e. The summed E-state index contributed by atoms with van der Waals surface area (Å²) in [6, 6.07) is 5.24.